The Morgan fingerprint density at radius 3 is 2.72 bits per heavy atom. The Hall–Kier alpha value is -1.88. The van der Waals surface area contributed by atoms with Crippen LogP contribution in [0.3, 0.4) is 0 Å². The van der Waals surface area contributed by atoms with Crippen LogP contribution < -0.4 is 4.90 Å². The maximum absolute atomic E-state index is 4.12. The highest BCUT2D eigenvalue weighted by atomic mass is 15.3. The molecule has 0 saturated carbocycles. The van der Waals surface area contributed by atoms with E-state index in [1.54, 1.807) is 6.20 Å². The second-order valence-corrected chi connectivity index (χ2v) is 4.70. The molecule has 5 nitrogen and oxygen atoms in total. The van der Waals surface area contributed by atoms with Gasteiger partial charge in [0.15, 0.2) is 0 Å². The van der Waals surface area contributed by atoms with E-state index in [1.807, 2.05) is 0 Å². The van der Waals surface area contributed by atoms with Crippen LogP contribution in [0.2, 0.25) is 0 Å². The largest absolute Gasteiger partial charge is 0.369 e. The van der Waals surface area contributed by atoms with E-state index in [2.05, 4.69) is 56.5 Å². The van der Waals surface area contributed by atoms with E-state index in [4.69, 9.17) is 0 Å². The van der Waals surface area contributed by atoms with E-state index in [1.165, 1.54) is 5.69 Å². The van der Waals surface area contributed by atoms with Crippen molar-refractivity contribution in [2.45, 2.75) is 0 Å². The summed E-state index contributed by atoms with van der Waals surface area (Å²) in [5, 5.41) is 10.6. The van der Waals surface area contributed by atoms with Gasteiger partial charge in [0.1, 0.15) is 5.69 Å². The molecule has 0 bridgehead atoms. The second kappa shape index (κ2) is 4.78. The number of aromatic amines is 1. The normalized spacial score (nSPS) is 17.1. The molecule has 5 heteroatoms. The molecule has 1 aliphatic rings. The number of hydrogen-bond acceptors (Lipinski definition) is 4. The van der Waals surface area contributed by atoms with Crippen molar-refractivity contribution in [2.24, 2.45) is 0 Å². The molecule has 94 valence electrons. The first-order valence-corrected chi connectivity index (χ1v) is 6.22. The Morgan fingerprint density at radius 2 is 2.00 bits per heavy atom. The van der Waals surface area contributed by atoms with Crippen LogP contribution in [-0.2, 0) is 0 Å². The van der Waals surface area contributed by atoms with Crippen molar-refractivity contribution in [1.82, 2.24) is 20.3 Å². The van der Waals surface area contributed by atoms with Crippen LogP contribution in [0.25, 0.3) is 11.3 Å². The predicted octanol–water partition coefficient (Wildman–Crippen LogP) is 1.22. The monoisotopic (exact) mass is 243 g/mol. The molecule has 0 amide bonds. The number of piperazine rings is 1. The van der Waals surface area contributed by atoms with Gasteiger partial charge in [-0.15, -0.1) is 0 Å². The Labute approximate surface area is 106 Å². The summed E-state index contributed by atoms with van der Waals surface area (Å²) >= 11 is 0. The van der Waals surface area contributed by atoms with Gasteiger partial charge in [-0.25, -0.2) is 0 Å². The SMILES string of the molecule is CN1CCN(c2cccc(-c3cn[nH]n3)c2)CC1. The predicted molar refractivity (Wildman–Crippen MR) is 71.5 cm³/mol. The third kappa shape index (κ3) is 2.22. The molecule has 2 aromatic rings. The summed E-state index contributed by atoms with van der Waals surface area (Å²) in [5.41, 5.74) is 3.27. The van der Waals surface area contributed by atoms with Gasteiger partial charge in [-0.3, -0.25) is 0 Å². The number of nitrogens with zero attached hydrogens (tertiary/aromatic N) is 4. The number of benzene rings is 1. The quantitative estimate of drug-likeness (QED) is 0.861. The minimum Gasteiger partial charge on any atom is -0.369 e. The van der Waals surface area contributed by atoms with Crippen molar-refractivity contribution in [3.05, 3.63) is 30.5 Å². The summed E-state index contributed by atoms with van der Waals surface area (Å²) in [6.45, 7) is 4.40. The van der Waals surface area contributed by atoms with Crippen LogP contribution in [0.15, 0.2) is 30.5 Å². The van der Waals surface area contributed by atoms with Crippen LogP contribution in [0.5, 0.6) is 0 Å². The smallest absolute Gasteiger partial charge is 0.112 e. The van der Waals surface area contributed by atoms with Gasteiger partial charge in [-0.1, -0.05) is 12.1 Å². The van der Waals surface area contributed by atoms with Gasteiger partial charge in [-0.05, 0) is 19.2 Å². The molecular weight excluding hydrogens is 226 g/mol. The molecule has 0 atom stereocenters. The fraction of sp³-hybridized carbons (Fsp3) is 0.385. The highest BCUT2D eigenvalue weighted by Gasteiger charge is 2.14. The van der Waals surface area contributed by atoms with E-state index in [9.17, 15) is 0 Å². The maximum Gasteiger partial charge on any atom is 0.112 e. The van der Waals surface area contributed by atoms with Crippen LogP contribution in [0.4, 0.5) is 5.69 Å². The standard InChI is InChI=1S/C13H17N5/c1-17-5-7-18(8-6-17)12-4-2-3-11(9-12)13-10-14-16-15-13/h2-4,9-10H,5-8H2,1H3,(H,14,15,16). The van der Waals surface area contributed by atoms with Gasteiger partial charge in [0, 0.05) is 37.4 Å². The Bertz CT molecular complexity index is 500. The van der Waals surface area contributed by atoms with Crippen molar-refractivity contribution < 1.29 is 0 Å². The Morgan fingerprint density at radius 1 is 1.17 bits per heavy atom. The molecule has 0 unspecified atom stereocenters. The number of hydrogen-bond donors (Lipinski definition) is 1. The second-order valence-electron chi connectivity index (χ2n) is 4.70. The Balaban J connectivity index is 1.83. The molecule has 1 aromatic heterocycles. The first kappa shape index (κ1) is 11.2. The average molecular weight is 243 g/mol. The summed E-state index contributed by atoms with van der Waals surface area (Å²) < 4.78 is 0. The number of likely N-dealkylation sites (N-methyl/N-ethyl adjacent to an activating group) is 1. The molecule has 1 fully saturated rings. The van der Waals surface area contributed by atoms with Crippen molar-refractivity contribution in [1.29, 1.82) is 0 Å². The van der Waals surface area contributed by atoms with Crippen molar-refractivity contribution in [3.8, 4) is 11.3 Å². The highest BCUT2D eigenvalue weighted by Crippen LogP contribution is 2.23. The molecule has 2 heterocycles. The van der Waals surface area contributed by atoms with Crippen molar-refractivity contribution in [2.75, 3.05) is 38.1 Å². The van der Waals surface area contributed by atoms with Crippen LogP contribution >= 0.6 is 0 Å². The lowest BCUT2D eigenvalue weighted by Gasteiger charge is -2.34. The first-order valence-electron chi connectivity index (χ1n) is 6.22. The zero-order valence-electron chi connectivity index (χ0n) is 10.5. The van der Waals surface area contributed by atoms with Gasteiger partial charge in [0.25, 0.3) is 0 Å². The summed E-state index contributed by atoms with van der Waals surface area (Å²) in [6.07, 6.45) is 1.75. The molecule has 18 heavy (non-hydrogen) atoms. The Kier molecular flexibility index (Phi) is 2.98. The molecule has 1 aromatic carbocycles. The van der Waals surface area contributed by atoms with Crippen molar-refractivity contribution >= 4 is 5.69 Å². The lowest BCUT2D eigenvalue weighted by atomic mass is 10.1. The third-order valence-corrected chi connectivity index (χ3v) is 3.43. The summed E-state index contributed by atoms with van der Waals surface area (Å²) in [6, 6.07) is 8.49. The highest BCUT2D eigenvalue weighted by molar-refractivity contribution is 5.64. The van der Waals surface area contributed by atoms with Gasteiger partial charge in [0.05, 0.1) is 6.20 Å². The van der Waals surface area contributed by atoms with Crippen molar-refractivity contribution in [3.63, 3.8) is 0 Å². The van der Waals surface area contributed by atoms with E-state index >= 15 is 0 Å². The van der Waals surface area contributed by atoms with Gasteiger partial charge < -0.3 is 9.80 Å². The van der Waals surface area contributed by atoms with Gasteiger partial charge in [-0.2, -0.15) is 15.4 Å². The number of nitrogens with one attached hydrogen (secondary N) is 1. The van der Waals surface area contributed by atoms with E-state index < -0.39 is 0 Å². The molecule has 0 spiro atoms. The maximum atomic E-state index is 4.12. The molecule has 1 saturated heterocycles. The average Bonchev–Trinajstić information content (AvgIpc) is 2.94. The van der Waals surface area contributed by atoms with E-state index in [0.717, 1.165) is 37.4 Å². The van der Waals surface area contributed by atoms with E-state index in [0.29, 0.717) is 0 Å². The van der Waals surface area contributed by atoms with E-state index in [-0.39, 0.29) is 0 Å². The zero-order valence-corrected chi connectivity index (χ0v) is 10.5. The lowest BCUT2D eigenvalue weighted by molar-refractivity contribution is 0.313. The van der Waals surface area contributed by atoms with Crippen LogP contribution in [0, 0.1) is 0 Å². The van der Waals surface area contributed by atoms with Crippen LogP contribution in [-0.4, -0.2) is 53.5 Å². The molecular formula is C13H17N5. The fourth-order valence-corrected chi connectivity index (χ4v) is 2.27. The summed E-state index contributed by atoms with van der Waals surface area (Å²) in [4.78, 5) is 4.78. The fourth-order valence-electron chi connectivity index (χ4n) is 2.27. The summed E-state index contributed by atoms with van der Waals surface area (Å²) in [7, 11) is 2.17. The zero-order chi connectivity index (χ0) is 12.4. The van der Waals surface area contributed by atoms with Gasteiger partial charge >= 0.3 is 0 Å². The molecule has 1 aliphatic heterocycles. The lowest BCUT2D eigenvalue weighted by Crippen LogP contribution is -2.44. The molecule has 0 aliphatic carbocycles. The number of rotatable bonds is 2. The minimum absolute atomic E-state index is 0.894. The molecule has 0 radical (unpaired) electrons. The number of aromatic nitrogens is 3. The topological polar surface area (TPSA) is 48.0 Å². The van der Waals surface area contributed by atoms with Gasteiger partial charge in [0.2, 0.25) is 0 Å². The first-order chi connectivity index (χ1) is 8.83. The van der Waals surface area contributed by atoms with Crippen LogP contribution in [0.1, 0.15) is 0 Å². The molecule has 1 N–H and O–H groups in total. The minimum atomic E-state index is 0.894. The third-order valence-electron chi connectivity index (χ3n) is 3.43. The number of H-pyrrole nitrogens is 1. The summed E-state index contributed by atoms with van der Waals surface area (Å²) in [5.74, 6) is 0. The molecule has 3 rings (SSSR count). The number of anilines is 1.